The fourth-order valence-electron chi connectivity index (χ4n) is 2.46. The van der Waals surface area contributed by atoms with Gasteiger partial charge in [-0.1, -0.05) is 0 Å². The van der Waals surface area contributed by atoms with Gasteiger partial charge in [0.05, 0.1) is 19.1 Å². The van der Waals surface area contributed by atoms with Crippen LogP contribution in [-0.4, -0.2) is 80.0 Å². The molecule has 1 fully saturated rings. The number of aliphatic carboxylic acids is 1. The Hall–Kier alpha value is -1.34. The summed E-state index contributed by atoms with van der Waals surface area (Å²) >= 11 is 0. The zero-order valence-electron chi connectivity index (χ0n) is 13.1. The Morgan fingerprint density at radius 3 is 2.24 bits per heavy atom. The second-order valence-corrected chi connectivity index (χ2v) is 5.37. The van der Waals surface area contributed by atoms with Crippen LogP contribution in [0.25, 0.3) is 0 Å². The van der Waals surface area contributed by atoms with Gasteiger partial charge in [-0.05, 0) is 19.8 Å². The maximum Gasteiger partial charge on any atom is 0.320 e. The highest BCUT2D eigenvalue weighted by Crippen LogP contribution is 2.23. The molecule has 1 aliphatic rings. The molecule has 0 aromatic heterocycles. The summed E-state index contributed by atoms with van der Waals surface area (Å²) in [4.78, 5) is 27.1. The number of carbonyl (C=O) groups excluding carboxylic acids is 1. The lowest BCUT2D eigenvalue weighted by molar-refractivity contribution is -0.143. The summed E-state index contributed by atoms with van der Waals surface area (Å²) in [7, 11) is 3.17. The summed E-state index contributed by atoms with van der Waals surface area (Å²) in [5, 5.41) is 9.15. The number of ether oxygens (including phenoxy) is 2. The van der Waals surface area contributed by atoms with Gasteiger partial charge >= 0.3 is 12.0 Å². The molecule has 122 valence electrons. The first-order valence-corrected chi connectivity index (χ1v) is 7.27. The van der Waals surface area contributed by atoms with Crippen LogP contribution < -0.4 is 0 Å². The molecule has 0 aromatic rings. The van der Waals surface area contributed by atoms with E-state index >= 15 is 0 Å². The third-order valence-electron chi connectivity index (χ3n) is 3.88. The molecule has 7 heteroatoms. The van der Waals surface area contributed by atoms with E-state index in [1.807, 2.05) is 6.92 Å². The maximum atomic E-state index is 12.6. The standard InChI is InChI=1S/C14H26N2O5/c1-11-4-5-12(13(17)18)10-16(11)14(19)15(6-8-20-2)7-9-21-3/h11-12H,4-10H2,1-3H3,(H,17,18). The predicted molar refractivity (Wildman–Crippen MR) is 77.2 cm³/mol. The monoisotopic (exact) mass is 302 g/mol. The highest BCUT2D eigenvalue weighted by atomic mass is 16.5. The van der Waals surface area contributed by atoms with Gasteiger partial charge in [0.15, 0.2) is 0 Å². The summed E-state index contributed by atoms with van der Waals surface area (Å²) in [5.41, 5.74) is 0. The molecule has 0 aromatic carbocycles. The molecule has 21 heavy (non-hydrogen) atoms. The van der Waals surface area contributed by atoms with Crippen LogP contribution in [-0.2, 0) is 14.3 Å². The van der Waals surface area contributed by atoms with Crippen molar-refractivity contribution in [2.45, 2.75) is 25.8 Å². The Labute approximate surface area is 125 Å². The number of rotatable bonds is 7. The zero-order valence-corrected chi connectivity index (χ0v) is 13.1. The summed E-state index contributed by atoms with van der Waals surface area (Å²) < 4.78 is 10.1. The molecule has 1 rings (SSSR count). The Morgan fingerprint density at radius 2 is 1.76 bits per heavy atom. The second kappa shape index (κ2) is 8.84. The minimum Gasteiger partial charge on any atom is -0.481 e. The average molecular weight is 302 g/mol. The number of nitrogens with zero attached hydrogens (tertiary/aromatic N) is 2. The van der Waals surface area contributed by atoms with Crippen LogP contribution in [0.4, 0.5) is 4.79 Å². The third kappa shape index (κ3) is 5.17. The van der Waals surface area contributed by atoms with Gasteiger partial charge < -0.3 is 24.4 Å². The zero-order chi connectivity index (χ0) is 15.8. The lowest BCUT2D eigenvalue weighted by atomic mass is 9.94. The molecule has 1 saturated heterocycles. The first-order valence-electron chi connectivity index (χ1n) is 7.27. The van der Waals surface area contributed by atoms with Crippen LogP contribution in [0.1, 0.15) is 19.8 Å². The van der Waals surface area contributed by atoms with Gasteiger partial charge in [-0.15, -0.1) is 0 Å². The fraction of sp³-hybridized carbons (Fsp3) is 0.857. The molecule has 2 atom stereocenters. The molecule has 1 N–H and O–H groups in total. The van der Waals surface area contributed by atoms with Crippen molar-refractivity contribution in [1.29, 1.82) is 0 Å². The van der Waals surface area contributed by atoms with Gasteiger partial charge in [-0.2, -0.15) is 0 Å². The third-order valence-corrected chi connectivity index (χ3v) is 3.88. The predicted octanol–water partition coefficient (Wildman–Crippen LogP) is 0.886. The number of likely N-dealkylation sites (tertiary alicyclic amines) is 1. The van der Waals surface area contributed by atoms with E-state index in [4.69, 9.17) is 14.6 Å². The van der Waals surface area contributed by atoms with Gasteiger partial charge in [0, 0.05) is 39.9 Å². The Kier molecular flexibility index (Phi) is 7.45. The number of amides is 2. The fourth-order valence-corrected chi connectivity index (χ4v) is 2.46. The van der Waals surface area contributed by atoms with Crippen LogP contribution >= 0.6 is 0 Å². The molecule has 0 radical (unpaired) electrons. The van der Waals surface area contributed by atoms with E-state index in [-0.39, 0.29) is 18.6 Å². The molecule has 1 aliphatic heterocycles. The molecular formula is C14H26N2O5. The van der Waals surface area contributed by atoms with Gasteiger partial charge in [0.2, 0.25) is 0 Å². The topological polar surface area (TPSA) is 79.3 Å². The van der Waals surface area contributed by atoms with Crippen molar-refractivity contribution in [1.82, 2.24) is 9.80 Å². The van der Waals surface area contributed by atoms with E-state index in [1.165, 1.54) is 0 Å². The maximum absolute atomic E-state index is 12.6. The van der Waals surface area contributed by atoms with Crippen LogP contribution in [0.2, 0.25) is 0 Å². The smallest absolute Gasteiger partial charge is 0.320 e. The molecule has 1 heterocycles. The number of carboxylic acids is 1. The van der Waals surface area contributed by atoms with E-state index in [9.17, 15) is 9.59 Å². The number of carboxylic acid groups (broad SMARTS) is 1. The number of urea groups is 1. The summed E-state index contributed by atoms with van der Waals surface area (Å²) in [6, 6.07) is -0.0803. The molecule has 0 aliphatic carbocycles. The highest BCUT2D eigenvalue weighted by Gasteiger charge is 2.34. The van der Waals surface area contributed by atoms with Crippen LogP contribution in [0.5, 0.6) is 0 Å². The Bertz CT molecular complexity index is 342. The first kappa shape index (κ1) is 17.7. The van der Waals surface area contributed by atoms with Crippen molar-refractivity contribution in [2.75, 3.05) is 47.1 Å². The SMILES string of the molecule is COCCN(CCOC)C(=O)N1CC(C(=O)O)CCC1C. The molecule has 0 spiro atoms. The first-order chi connectivity index (χ1) is 10.0. The molecule has 2 unspecified atom stereocenters. The Balaban J connectivity index is 2.71. The van der Waals surface area contributed by atoms with Crippen LogP contribution in [0.15, 0.2) is 0 Å². The largest absolute Gasteiger partial charge is 0.481 e. The van der Waals surface area contributed by atoms with Gasteiger partial charge in [0.1, 0.15) is 0 Å². The summed E-state index contributed by atoms with van der Waals surface area (Å²) in [5.74, 6) is -1.31. The quantitative estimate of drug-likeness (QED) is 0.755. The van der Waals surface area contributed by atoms with E-state index in [2.05, 4.69) is 0 Å². The number of carbonyl (C=O) groups is 2. The second-order valence-electron chi connectivity index (χ2n) is 5.37. The normalized spacial score (nSPS) is 22.1. The van der Waals surface area contributed by atoms with Crippen LogP contribution in [0, 0.1) is 5.92 Å². The van der Waals surface area contributed by atoms with Crippen molar-refractivity contribution < 1.29 is 24.2 Å². The minimum atomic E-state index is -0.833. The highest BCUT2D eigenvalue weighted by molar-refractivity contribution is 5.77. The lowest BCUT2D eigenvalue weighted by Gasteiger charge is -2.39. The molecule has 0 saturated carbocycles. The summed E-state index contributed by atoms with van der Waals surface area (Å²) in [6.45, 7) is 4.06. The van der Waals surface area contributed by atoms with Crippen molar-refractivity contribution in [2.24, 2.45) is 5.92 Å². The number of piperidine rings is 1. The van der Waals surface area contributed by atoms with Crippen molar-refractivity contribution >= 4 is 12.0 Å². The van der Waals surface area contributed by atoms with Crippen LogP contribution in [0.3, 0.4) is 0 Å². The molecule has 2 amide bonds. The molecule has 0 bridgehead atoms. The van der Waals surface area contributed by atoms with Gasteiger partial charge in [0.25, 0.3) is 0 Å². The summed E-state index contributed by atoms with van der Waals surface area (Å²) in [6.07, 6.45) is 1.33. The Morgan fingerprint density at radius 1 is 1.19 bits per heavy atom. The van der Waals surface area contributed by atoms with E-state index < -0.39 is 11.9 Å². The van der Waals surface area contributed by atoms with Gasteiger partial charge in [-0.25, -0.2) is 4.79 Å². The van der Waals surface area contributed by atoms with E-state index in [0.29, 0.717) is 39.1 Å². The lowest BCUT2D eigenvalue weighted by Crippen LogP contribution is -2.53. The van der Waals surface area contributed by atoms with Crippen molar-refractivity contribution in [3.63, 3.8) is 0 Å². The van der Waals surface area contributed by atoms with E-state index in [1.54, 1.807) is 24.0 Å². The average Bonchev–Trinajstić information content (AvgIpc) is 2.47. The minimum absolute atomic E-state index is 0.0562. The van der Waals surface area contributed by atoms with Crippen molar-refractivity contribution in [3.05, 3.63) is 0 Å². The number of hydrogen-bond acceptors (Lipinski definition) is 4. The number of hydrogen-bond donors (Lipinski definition) is 1. The van der Waals surface area contributed by atoms with Gasteiger partial charge in [-0.3, -0.25) is 4.79 Å². The van der Waals surface area contributed by atoms with Crippen molar-refractivity contribution in [3.8, 4) is 0 Å². The molecular weight excluding hydrogens is 276 g/mol. The molecule has 7 nitrogen and oxygen atoms in total. The van der Waals surface area contributed by atoms with E-state index in [0.717, 1.165) is 0 Å². The number of methoxy groups -OCH3 is 2.